The Bertz CT molecular complexity index is 1470. The van der Waals surface area contributed by atoms with Gasteiger partial charge in [0, 0.05) is 12.8 Å². The Kier molecular flexibility index (Phi) is 50.0. The van der Waals surface area contributed by atoms with E-state index in [2.05, 4.69) is 98.9 Å². The third-order valence-corrected chi connectivity index (χ3v) is 13.1. The number of ether oxygens (including phenoxy) is 2. The van der Waals surface area contributed by atoms with Gasteiger partial charge in [-0.3, -0.25) is 14.2 Å². The number of carbonyl (C=O) groups is 2. The van der Waals surface area contributed by atoms with Crippen LogP contribution < -0.4 is 4.89 Å². The van der Waals surface area contributed by atoms with E-state index in [1.165, 1.54) is 122 Å². The lowest BCUT2D eigenvalue weighted by molar-refractivity contribution is -0.870. The fourth-order valence-electron chi connectivity index (χ4n) is 7.75. The summed E-state index contributed by atoms with van der Waals surface area (Å²) in [5.74, 6) is -0.834. The van der Waals surface area contributed by atoms with Crippen LogP contribution in [0.4, 0.5) is 0 Å². The van der Waals surface area contributed by atoms with Crippen molar-refractivity contribution in [3.05, 3.63) is 85.1 Å². The number of carbonyl (C=O) groups excluding carboxylic acids is 2. The Hall–Kier alpha value is -2.81. The summed E-state index contributed by atoms with van der Waals surface area (Å²) in [6.07, 6.45) is 69.6. The van der Waals surface area contributed by atoms with E-state index in [4.69, 9.17) is 18.5 Å². The van der Waals surface area contributed by atoms with Crippen LogP contribution in [0.1, 0.15) is 239 Å². The van der Waals surface area contributed by atoms with Crippen LogP contribution in [0.5, 0.6) is 0 Å². The summed E-state index contributed by atoms with van der Waals surface area (Å²) in [6.45, 7) is 4.09. The number of hydrogen-bond donors (Lipinski definition) is 0. The second-order valence-corrected chi connectivity index (χ2v) is 21.7. The zero-order chi connectivity index (χ0) is 52.0. The van der Waals surface area contributed by atoms with Gasteiger partial charge in [-0.05, 0) is 70.6 Å². The number of phosphoric ester groups is 1. The number of hydrogen-bond acceptors (Lipinski definition) is 8. The molecule has 0 aromatic heterocycles. The smallest absolute Gasteiger partial charge is 0.306 e. The van der Waals surface area contributed by atoms with Gasteiger partial charge in [0.1, 0.15) is 19.8 Å². The van der Waals surface area contributed by atoms with Gasteiger partial charge in [0.2, 0.25) is 0 Å². The number of unbranched alkanes of at least 4 members (excludes halogenated alkanes) is 24. The minimum Gasteiger partial charge on any atom is -0.756 e. The van der Waals surface area contributed by atoms with E-state index >= 15 is 0 Å². The standard InChI is InChI=1S/C61H108NO8P/c1-6-8-10-12-14-16-17-18-19-20-21-22-23-24-25-26-27-28-29-30-31-32-33-34-35-36-37-38-39-40-41-42-43-44-45-46-48-50-52-54-61(64)70-59(58-69-71(65,66)68-56-55-62(3,4)5)57-67-60(63)53-51-49-47-15-13-11-9-7-2/h8,10,14,16,18-19,21-22,24-25,27-28,30-31,59H,6-7,9,11-13,15,17,20,23,26,29,32-58H2,1-5H3/b10-8-,16-14-,19-18-,22-21-,25-24-,28-27-,31-30-. The van der Waals surface area contributed by atoms with Crippen LogP contribution in [0.25, 0.3) is 0 Å². The number of rotatable bonds is 52. The van der Waals surface area contributed by atoms with Gasteiger partial charge in [0.15, 0.2) is 6.10 Å². The molecule has 0 bridgehead atoms. The molecule has 9 nitrogen and oxygen atoms in total. The minimum atomic E-state index is -4.62. The largest absolute Gasteiger partial charge is 0.756 e. The summed E-state index contributed by atoms with van der Waals surface area (Å²) in [6, 6.07) is 0. The summed E-state index contributed by atoms with van der Waals surface area (Å²) >= 11 is 0. The molecule has 410 valence electrons. The molecular formula is C61H108NO8P. The van der Waals surface area contributed by atoms with Crippen molar-refractivity contribution in [2.75, 3.05) is 47.5 Å². The quantitative estimate of drug-likeness (QED) is 0.0195. The van der Waals surface area contributed by atoms with Crippen LogP contribution in [-0.2, 0) is 32.7 Å². The number of allylic oxidation sites excluding steroid dienone is 14. The first kappa shape index (κ1) is 68.2. The van der Waals surface area contributed by atoms with Crippen LogP contribution in [0.15, 0.2) is 85.1 Å². The molecule has 0 aromatic carbocycles. The highest BCUT2D eigenvalue weighted by Gasteiger charge is 2.21. The fraction of sp³-hybridized carbons (Fsp3) is 0.738. The van der Waals surface area contributed by atoms with Crippen molar-refractivity contribution >= 4 is 19.8 Å². The second-order valence-electron chi connectivity index (χ2n) is 20.3. The molecule has 0 rings (SSSR count). The fourth-order valence-corrected chi connectivity index (χ4v) is 8.48. The van der Waals surface area contributed by atoms with E-state index in [1.807, 2.05) is 21.1 Å². The van der Waals surface area contributed by atoms with Crippen LogP contribution in [0.2, 0.25) is 0 Å². The van der Waals surface area contributed by atoms with E-state index in [9.17, 15) is 19.0 Å². The zero-order valence-corrected chi connectivity index (χ0v) is 47.3. The highest BCUT2D eigenvalue weighted by atomic mass is 31.2. The van der Waals surface area contributed by atoms with Crippen molar-refractivity contribution in [3.63, 3.8) is 0 Å². The van der Waals surface area contributed by atoms with Crippen molar-refractivity contribution in [1.29, 1.82) is 0 Å². The normalized spacial score (nSPS) is 13.9. The first-order valence-electron chi connectivity index (χ1n) is 28.8. The molecule has 0 N–H and O–H groups in total. The Morgan fingerprint density at radius 2 is 0.803 bits per heavy atom. The van der Waals surface area contributed by atoms with Gasteiger partial charge >= 0.3 is 11.9 Å². The molecule has 0 aliphatic heterocycles. The van der Waals surface area contributed by atoms with E-state index in [1.54, 1.807) is 0 Å². The molecule has 0 heterocycles. The average molecular weight is 1010 g/mol. The predicted molar refractivity (Wildman–Crippen MR) is 300 cm³/mol. The second kappa shape index (κ2) is 52.1. The highest BCUT2D eigenvalue weighted by molar-refractivity contribution is 7.45. The van der Waals surface area contributed by atoms with Crippen molar-refractivity contribution in [1.82, 2.24) is 0 Å². The summed E-state index contributed by atoms with van der Waals surface area (Å²) in [4.78, 5) is 37.6. The van der Waals surface area contributed by atoms with Crippen LogP contribution in [-0.4, -0.2) is 70.0 Å². The maximum Gasteiger partial charge on any atom is 0.306 e. The lowest BCUT2D eigenvalue weighted by Gasteiger charge is -2.28. The summed E-state index contributed by atoms with van der Waals surface area (Å²) in [7, 11) is 1.17. The Morgan fingerprint density at radius 3 is 1.20 bits per heavy atom. The Morgan fingerprint density at radius 1 is 0.451 bits per heavy atom. The number of esters is 2. The first-order valence-corrected chi connectivity index (χ1v) is 30.3. The molecule has 0 fully saturated rings. The average Bonchev–Trinajstić information content (AvgIpc) is 3.33. The van der Waals surface area contributed by atoms with E-state index in [0.29, 0.717) is 17.4 Å². The molecule has 2 atom stereocenters. The minimum absolute atomic E-state index is 0.0311. The van der Waals surface area contributed by atoms with Crippen LogP contribution in [0, 0.1) is 0 Å². The zero-order valence-electron chi connectivity index (χ0n) is 46.4. The number of likely N-dealkylation sites (N-methyl/N-ethyl adjacent to an activating group) is 1. The lowest BCUT2D eigenvalue weighted by Crippen LogP contribution is -2.37. The topological polar surface area (TPSA) is 111 Å². The van der Waals surface area contributed by atoms with Crippen molar-refractivity contribution in [2.24, 2.45) is 0 Å². The number of phosphoric acid groups is 1. The van der Waals surface area contributed by atoms with Gasteiger partial charge in [-0.2, -0.15) is 0 Å². The molecule has 0 saturated heterocycles. The van der Waals surface area contributed by atoms with Crippen LogP contribution in [0.3, 0.4) is 0 Å². The van der Waals surface area contributed by atoms with Crippen molar-refractivity contribution in [2.45, 2.75) is 245 Å². The molecule has 0 spiro atoms. The molecule has 71 heavy (non-hydrogen) atoms. The van der Waals surface area contributed by atoms with Gasteiger partial charge < -0.3 is 27.9 Å². The maximum absolute atomic E-state index is 12.7. The van der Waals surface area contributed by atoms with Gasteiger partial charge in [0.25, 0.3) is 7.82 Å². The molecule has 0 aromatic rings. The molecule has 0 radical (unpaired) electrons. The maximum atomic E-state index is 12.7. The van der Waals surface area contributed by atoms with E-state index < -0.39 is 26.5 Å². The summed E-state index contributed by atoms with van der Waals surface area (Å²) in [5, 5.41) is 0. The monoisotopic (exact) mass is 1010 g/mol. The molecule has 0 aliphatic rings. The SMILES string of the molecule is CC/C=C\C/C=C\C/C=C\C/C=C\C/C=C\C/C=C\C/C=C\CCCCCCCCCCCCCCCCCCCC(=O)OC(COC(=O)CCCCCCCCCC)COP(=O)([O-])OCC[N+](C)(C)C. The van der Waals surface area contributed by atoms with Crippen molar-refractivity contribution in [3.8, 4) is 0 Å². The molecule has 0 aliphatic carbocycles. The van der Waals surface area contributed by atoms with E-state index in [0.717, 1.165) is 83.5 Å². The molecular weight excluding hydrogens is 906 g/mol. The lowest BCUT2D eigenvalue weighted by atomic mass is 10.0. The van der Waals surface area contributed by atoms with Gasteiger partial charge in [-0.25, -0.2) is 0 Å². The highest BCUT2D eigenvalue weighted by Crippen LogP contribution is 2.38. The van der Waals surface area contributed by atoms with Gasteiger partial charge in [-0.15, -0.1) is 0 Å². The predicted octanol–water partition coefficient (Wildman–Crippen LogP) is 17.2. The van der Waals surface area contributed by atoms with E-state index in [-0.39, 0.29) is 32.0 Å². The molecule has 10 heteroatoms. The summed E-state index contributed by atoms with van der Waals surface area (Å²) < 4.78 is 33.9. The molecule has 0 amide bonds. The third kappa shape index (κ3) is 56.3. The Labute approximate surface area is 437 Å². The van der Waals surface area contributed by atoms with Crippen molar-refractivity contribution < 1.29 is 42.1 Å². The molecule has 2 unspecified atom stereocenters. The number of nitrogens with zero attached hydrogens (tertiary/aromatic N) is 1. The van der Waals surface area contributed by atoms with Gasteiger partial charge in [-0.1, -0.05) is 240 Å². The van der Waals surface area contributed by atoms with Crippen LogP contribution >= 0.6 is 7.82 Å². The first-order chi connectivity index (χ1) is 34.5. The third-order valence-electron chi connectivity index (χ3n) is 12.2. The molecule has 0 saturated carbocycles. The van der Waals surface area contributed by atoms with Gasteiger partial charge in [0.05, 0.1) is 27.7 Å². The summed E-state index contributed by atoms with van der Waals surface area (Å²) in [5.41, 5.74) is 0. The Balaban J connectivity index is 3.90. The number of quaternary nitrogens is 1.